The van der Waals surface area contributed by atoms with E-state index in [0.29, 0.717) is 6.04 Å². The lowest BCUT2D eigenvalue weighted by Crippen LogP contribution is -2.50. The second-order valence-corrected chi connectivity index (χ2v) is 4.80. The average Bonchev–Trinajstić information content (AvgIpc) is 2.98. The van der Waals surface area contributed by atoms with Crippen LogP contribution in [0.15, 0.2) is 0 Å². The zero-order valence-corrected chi connectivity index (χ0v) is 9.17. The highest BCUT2D eigenvalue weighted by Gasteiger charge is 2.26. The molecule has 0 aliphatic heterocycles. The minimum absolute atomic E-state index is 0.0279. The third-order valence-corrected chi connectivity index (χ3v) is 3.30. The fourth-order valence-electron chi connectivity index (χ4n) is 2.14. The second kappa shape index (κ2) is 4.84. The minimum Gasteiger partial charge on any atom is -0.335 e. The van der Waals surface area contributed by atoms with Crippen molar-refractivity contribution in [3.05, 3.63) is 0 Å². The van der Waals surface area contributed by atoms with Crippen LogP contribution in [0.1, 0.15) is 44.9 Å². The summed E-state index contributed by atoms with van der Waals surface area (Å²) < 4.78 is 0. The van der Waals surface area contributed by atoms with E-state index in [1.807, 2.05) is 0 Å². The van der Waals surface area contributed by atoms with Gasteiger partial charge in [-0.05, 0) is 25.7 Å². The highest BCUT2D eigenvalue weighted by Crippen LogP contribution is 2.19. The summed E-state index contributed by atoms with van der Waals surface area (Å²) in [5.41, 5.74) is 6.03. The Labute approximate surface area is 91.0 Å². The van der Waals surface area contributed by atoms with Crippen molar-refractivity contribution in [1.82, 2.24) is 10.6 Å². The lowest BCUT2D eigenvalue weighted by Gasteiger charge is -2.22. The predicted molar refractivity (Wildman–Crippen MR) is 59.5 cm³/mol. The van der Waals surface area contributed by atoms with Gasteiger partial charge in [-0.3, -0.25) is 0 Å². The quantitative estimate of drug-likeness (QED) is 0.599. The van der Waals surface area contributed by atoms with Crippen LogP contribution in [-0.4, -0.2) is 24.2 Å². The molecule has 0 radical (unpaired) electrons. The fraction of sp³-hybridized carbons (Fsp3) is 0.909. The van der Waals surface area contributed by atoms with Gasteiger partial charge in [0.05, 0.1) is 0 Å². The molecule has 0 aromatic heterocycles. The van der Waals surface area contributed by atoms with Crippen LogP contribution in [-0.2, 0) is 0 Å². The summed E-state index contributed by atoms with van der Waals surface area (Å²) in [7, 11) is 0. The number of hydrogen-bond acceptors (Lipinski definition) is 2. The van der Waals surface area contributed by atoms with Crippen LogP contribution in [0, 0.1) is 0 Å². The Kier molecular flexibility index (Phi) is 3.46. The van der Waals surface area contributed by atoms with Gasteiger partial charge in [0.25, 0.3) is 0 Å². The Balaban J connectivity index is 1.76. The first-order chi connectivity index (χ1) is 7.25. The number of amides is 2. The molecule has 0 heterocycles. The molecule has 0 bridgehead atoms. The third kappa shape index (κ3) is 3.38. The van der Waals surface area contributed by atoms with Gasteiger partial charge in [0.2, 0.25) is 0 Å². The SMILES string of the molecule is NC1CCCCCC1NC(=O)NC1CC1. The molecule has 2 atom stereocenters. The molecule has 4 nitrogen and oxygen atoms in total. The minimum atomic E-state index is -0.0279. The van der Waals surface area contributed by atoms with Crippen LogP contribution >= 0.6 is 0 Å². The van der Waals surface area contributed by atoms with E-state index < -0.39 is 0 Å². The summed E-state index contributed by atoms with van der Waals surface area (Å²) in [6.45, 7) is 0. The van der Waals surface area contributed by atoms with Gasteiger partial charge in [0, 0.05) is 18.1 Å². The summed E-state index contributed by atoms with van der Waals surface area (Å²) in [4.78, 5) is 11.5. The molecule has 2 unspecified atom stereocenters. The number of carbonyl (C=O) groups is 1. The predicted octanol–water partition coefficient (Wildman–Crippen LogP) is 1.11. The highest BCUT2D eigenvalue weighted by molar-refractivity contribution is 5.75. The van der Waals surface area contributed by atoms with Gasteiger partial charge in [-0.2, -0.15) is 0 Å². The van der Waals surface area contributed by atoms with Gasteiger partial charge >= 0.3 is 6.03 Å². The number of carbonyl (C=O) groups excluding carboxylic acids is 1. The van der Waals surface area contributed by atoms with Crippen LogP contribution in [0.25, 0.3) is 0 Å². The maximum Gasteiger partial charge on any atom is 0.315 e. The molecule has 0 aromatic rings. The summed E-state index contributed by atoms with van der Waals surface area (Å²) >= 11 is 0. The summed E-state index contributed by atoms with van der Waals surface area (Å²) in [6, 6.07) is 0.704. The summed E-state index contributed by atoms with van der Waals surface area (Å²) in [5.74, 6) is 0. The van der Waals surface area contributed by atoms with Crippen LogP contribution in [0.4, 0.5) is 4.79 Å². The van der Waals surface area contributed by atoms with Crippen LogP contribution in [0.2, 0.25) is 0 Å². The Hall–Kier alpha value is -0.770. The molecular formula is C11H21N3O. The van der Waals surface area contributed by atoms with Gasteiger partial charge in [-0.1, -0.05) is 19.3 Å². The monoisotopic (exact) mass is 211 g/mol. The standard InChI is InChI=1S/C11H21N3O/c12-9-4-2-1-3-5-10(9)14-11(15)13-8-6-7-8/h8-10H,1-7,12H2,(H2,13,14,15). The molecule has 0 spiro atoms. The maximum absolute atomic E-state index is 11.5. The molecule has 15 heavy (non-hydrogen) atoms. The van der Waals surface area contributed by atoms with Crippen LogP contribution < -0.4 is 16.4 Å². The van der Waals surface area contributed by atoms with Crippen molar-refractivity contribution in [3.63, 3.8) is 0 Å². The lowest BCUT2D eigenvalue weighted by atomic mass is 10.0. The van der Waals surface area contributed by atoms with E-state index in [4.69, 9.17) is 5.73 Å². The number of urea groups is 1. The molecule has 4 heteroatoms. The lowest BCUT2D eigenvalue weighted by molar-refractivity contribution is 0.233. The van der Waals surface area contributed by atoms with Crippen molar-refractivity contribution in [1.29, 1.82) is 0 Å². The maximum atomic E-state index is 11.5. The van der Waals surface area contributed by atoms with Crippen LogP contribution in [0.3, 0.4) is 0 Å². The fourth-order valence-corrected chi connectivity index (χ4v) is 2.14. The highest BCUT2D eigenvalue weighted by atomic mass is 16.2. The zero-order valence-electron chi connectivity index (χ0n) is 9.17. The van der Waals surface area contributed by atoms with Crippen molar-refractivity contribution in [2.24, 2.45) is 5.73 Å². The van der Waals surface area contributed by atoms with E-state index >= 15 is 0 Å². The Morgan fingerprint density at radius 3 is 2.47 bits per heavy atom. The molecule has 2 amide bonds. The van der Waals surface area contributed by atoms with Gasteiger partial charge < -0.3 is 16.4 Å². The van der Waals surface area contributed by atoms with E-state index in [0.717, 1.165) is 25.7 Å². The molecule has 0 aromatic carbocycles. The molecule has 2 fully saturated rings. The summed E-state index contributed by atoms with van der Waals surface area (Å²) in [5, 5.41) is 5.94. The summed E-state index contributed by atoms with van der Waals surface area (Å²) in [6.07, 6.45) is 7.95. The third-order valence-electron chi connectivity index (χ3n) is 3.30. The van der Waals surface area contributed by atoms with E-state index in [-0.39, 0.29) is 18.1 Å². The van der Waals surface area contributed by atoms with Crippen molar-refractivity contribution in [2.45, 2.75) is 63.1 Å². The zero-order chi connectivity index (χ0) is 10.7. The molecule has 2 aliphatic rings. The Morgan fingerprint density at radius 2 is 1.73 bits per heavy atom. The smallest absolute Gasteiger partial charge is 0.315 e. The van der Waals surface area contributed by atoms with E-state index in [9.17, 15) is 4.79 Å². The molecule has 86 valence electrons. The number of rotatable bonds is 2. The molecule has 0 saturated heterocycles. The molecule has 2 rings (SSSR count). The van der Waals surface area contributed by atoms with Gasteiger partial charge in [0.15, 0.2) is 0 Å². The first-order valence-corrected chi connectivity index (χ1v) is 6.08. The van der Waals surface area contributed by atoms with Crippen LogP contribution in [0.5, 0.6) is 0 Å². The van der Waals surface area contributed by atoms with Gasteiger partial charge in [-0.25, -0.2) is 4.79 Å². The number of hydrogen-bond donors (Lipinski definition) is 3. The first kappa shape index (κ1) is 10.7. The van der Waals surface area contributed by atoms with E-state index in [2.05, 4.69) is 10.6 Å². The van der Waals surface area contributed by atoms with Crippen molar-refractivity contribution >= 4 is 6.03 Å². The average molecular weight is 211 g/mol. The largest absolute Gasteiger partial charge is 0.335 e. The number of nitrogens with two attached hydrogens (primary N) is 1. The van der Waals surface area contributed by atoms with E-state index in [1.54, 1.807) is 0 Å². The Bertz CT molecular complexity index is 228. The van der Waals surface area contributed by atoms with Gasteiger partial charge in [-0.15, -0.1) is 0 Å². The van der Waals surface area contributed by atoms with E-state index in [1.165, 1.54) is 19.3 Å². The molecule has 4 N–H and O–H groups in total. The Morgan fingerprint density at radius 1 is 1.00 bits per heavy atom. The topological polar surface area (TPSA) is 67.1 Å². The second-order valence-electron chi connectivity index (χ2n) is 4.80. The normalized spacial score (nSPS) is 31.8. The molecule has 2 aliphatic carbocycles. The van der Waals surface area contributed by atoms with Gasteiger partial charge in [0.1, 0.15) is 0 Å². The first-order valence-electron chi connectivity index (χ1n) is 6.08. The van der Waals surface area contributed by atoms with Crippen molar-refractivity contribution in [3.8, 4) is 0 Å². The number of nitrogens with one attached hydrogen (secondary N) is 2. The van der Waals surface area contributed by atoms with Crippen molar-refractivity contribution < 1.29 is 4.79 Å². The molecular weight excluding hydrogens is 190 g/mol. The van der Waals surface area contributed by atoms with Crippen molar-refractivity contribution in [2.75, 3.05) is 0 Å². The molecule has 2 saturated carbocycles.